The van der Waals surface area contributed by atoms with E-state index in [1.165, 1.54) is 12.1 Å². The van der Waals surface area contributed by atoms with Crippen molar-refractivity contribution < 1.29 is 22.0 Å². The quantitative estimate of drug-likeness (QED) is 0.136. The zero-order chi connectivity index (χ0) is 29.8. The van der Waals surface area contributed by atoms with Crippen molar-refractivity contribution in [3.8, 4) is 56.4 Å². The van der Waals surface area contributed by atoms with Crippen LogP contribution in [-0.2, 0) is 16.7 Å². The van der Waals surface area contributed by atoms with Crippen molar-refractivity contribution in [2.45, 2.75) is 31.2 Å². The third-order valence-electron chi connectivity index (χ3n) is 7.45. The number of rotatable bonds is 9. The van der Waals surface area contributed by atoms with Gasteiger partial charge < -0.3 is 4.42 Å². The number of hydrogen-bond donors (Lipinski definition) is 1. The summed E-state index contributed by atoms with van der Waals surface area (Å²) >= 11 is 0. The van der Waals surface area contributed by atoms with Gasteiger partial charge in [-0.25, -0.2) is 4.98 Å². The van der Waals surface area contributed by atoms with Gasteiger partial charge in [-0.1, -0.05) is 74.0 Å². The summed E-state index contributed by atoms with van der Waals surface area (Å²) in [6.07, 6.45) is 3.74. The van der Waals surface area contributed by atoms with Crippen molar-refractivity contribution in [2.75, 3.05) is 0 Å². The number of unbranched alkanes of at least 4 members (excludes halogenated alkanes) is 1. The fourth-order valence-electron chi connectivity index (χ4n) is 5.18. The van der Waals surface area contributed by atoms with E-state index in [4.69, 9.17) is 4.42 Å². The van der Waals surface area contributed by atoms with E-state index in [2.05, 4.69) is 52.9 Å². The van der Waals surface area contributed by atoms with Gasteiger partial charge >= 0.3 is 0 Å². The molecule has 0 radical (unpaired) electrons. The molecule has 0 aliphatic rings. The number of nitrogens with zero attached hydrogens (tertiary/aromatic N) is 2. The van der Waals surface area contributed by atoms with Crippen LogP contribution in [0.2, 0.25) is 0 Å². The van der Waals surface area contributed by atoms with E-state index in [1.54, 1.807) is 18.3 Å². The summed E-state index contributed by atoms with van der Waals surface area (Å²) in [5.74, 6) is 1.28. The molecule has 0 spiro atoms. The first kappa shape index (κ1) is 28.3. The molecule has 0 aliphatic heterocycles. The molecular weight excluding hydrogens is 556 g/mol. The highest BCUT2D eigenvalue weighted by atomic mass is 32.2. The smallest absolute Gasteiger partial charge is 0.294 e. The Balaban J connectivity index is 1.46. The van der Waals surface area contributed by atoms with E-state index in [1.807, 2.05) is 60.7 Å². The highest BCUT2D eigenvalue weighted by molar-refractivity contribution is 7.85. The Hall–Kier alpha value is -4.85. The van der Waals surface area contributed by atoms with Gasteiger partial charge in [-0.05, 0) is 59.7 Å². The van der Waals surface area contributed by atoms with E-state index in [9.17, 15) is 13.0 Å². The van der Waals surface area contributed by atoms with Crippen molar-refractivity contribution in [1.29, 1.82) is 0 Å². The summed E-state index contributed by atoms with van der Waals surface area (Å²) in [6, 6.07) is 39.0. The van der Waals surface area contributed by atoms with Gasteiger partial charge in [-0.15, -0.1) is 0 Å². The van der Waals surface area contributed by atoms with Crippen molar-refractivity contribution in [3.05, 3.63) is 128 Å². The minimum atomic E-state index is -4.29. The maximum atomic E-state index is 11.7. The molecular formula is C36H31N2O4S+. The molecule has 7 heteroatoms. The lowest BCUT2D eigenvalue weighted by Crippen LogP contribution is -2.39. The molecule has 0 fully saturated rings. The molecule has 6 aromatic rings. The molecule has 2 aromatic heterocycles. The number of pyridine rings is 1. The second-order valence-electron chi connectivity index (χ2n) is 10.4. The van der Waals surface area contributed by atoms with Crippen molar-refractivity contribution >= 4 is 10.1 Å². The van der Waals surface area contributed by atoms with Gasteiger partial charge in [-0.2, -0.15) is 13.0 Å². The molecule has 0 saturated carbocycles. The zero-order valence-electron chi connectivity index (χ0n) is 23.7. The minimum Gasteiger partial charge on any atom is -0.436 e. The monoisotopic (exact) mass is 587 g/mol. The first-order valence-electron chi connectivity index (χ1n) is 14.2. The van der Waals surface area contributed by atoms with Crippen LogP contribution in [0.1, 0.15) is 19.8 Å². The highest BCUT2D eigenvalue weighted by Crippen LogP contribution is 2.32. The van der Waals surface area contributed by atoms with Gasteiger partial charge in [0.25, 0.3) is 10.1 Å². The molecule has 2 heterocycles. The average Bonchev–Trinajstić information content (AvgIpc) is 3.55. The largest absolute Gasteiger partial charge is 0.436 e. The topological polar surface area (TPSA) is 84.3 Å². The molecule has 0 saturated heterocycles. The summed E-state index contributed by atoms with van der Waals surface area (Å²) in [5, 5.41) is 0. The van der Waals surface area contributed by atoms with E-state index < -0.39 is 10.1 Å². The van der Waals surface area contributed by atoms with Crippen LogP contribution in [0.15, 0.2) is 137 Å². The fraction of sp³-hybridized carbons (Fsp3) is 0.111. The summed E-state index contributed by atoms with van der Waals surface area (Å²) in [5.41, 5.74) is 7.87. The molecule has 0 amide bonds. The SMILES string of the molecule is CCCC[n+]1c(-c2ccc(-c3cnc(-c4ccccc4)o3)cc2)cc(-c2ccccc2)cc1-c1ccc(S(=O)(=O)O)cc1. The van der Waals surface area contributed by atoms with E-state index >= 15 is 0 Å². The van der Waals surface area contributed by atoms with Crippen LogP contribution in [0.3, 0.4) is 0 Å². The molecule has 214 valence electrons. The Bertz CT molecular complexity index is 1950. The van der Waals surface area contributed by atoms with Gasteiger partial charge in [0.2, 0.25) is 17.3 Å². The van der Waals surface area contributed by atoms with E-state index in [0.29, 0.717) is 11.7 Å². The van der Waals surface area contributed by atoms with E-state index in [0.717, 1.165) is 64.2 Å². The van der Waals surface area contributed by atoms with Gasteiger partial charge in [0.1, 0.15) is 6.54 Å². The summed E-state index contributed by atoms with van der Waals surface area (Å²) in [4.78, 5) is 4.35. The summed E-state index contributed by atoms with van der Waals surface area (Å²) in [6.45, 7) is 2.94. The summed E-state index contributed by atoms with van der Waals surface area (Å²) in [7, 11) is -4.29. The third kappa shape index (κ3) is 6.18. The predicted molar refractivity (Wildman–Crippen MR) is 169 cm³/mol. The van der Waals surface area contributed by atoms with Crippen molar-refractivity contribution in [1.82, 2.24) is 4.98 Å². The van der Waals surface area contributed by atoms with Crippen LogP contribution >= 0.6 is 0 Å². The Morgan fingerprint density at radius 3 is 1.77 bits per heavy atom. The molecule has 1 N–H and O–H groups in total. The number of oxazole rings is 1. The maximum Gasteiger partial charge on any atom is 0.294 e. The van der Waals surface area contributed by atoms with Crippen LogP contribution in [0.5, 0.6) is 0 Å². The number of benzene rings is 4. The molecule has 4 aromatic carbocycles. The van der Waals surface area contributed by atoms with Crippen LogP contribution < -0.4 is 4.57 Å². The standard InChI is InChI=1S/C36H30N2O4S/c1-2-3-22-38-33(27-14-16-29(17-15-27)35-25-37-36(42-35)30-12-8-5-9-13-30)23-31(26-10-6-4-7-11-26)24-34(38)28-18-20-32(21-19-28)43(39,40)41/h4-21,23-25H,2-3,22H2,1H3/p+1. The Labute approximate surface area is 251 Å². The lowest BCUT2D eigenvalue weighted by Gasteiger charge is -2.13. The normalized spacial score (nSPS) is 11.5. The third-order valence-corrected chi connectivity index (χ3v) is 8.32. The average molecular weight is 588 g/mol. The lowest BCUT2D eigenvalue weighted by atomic mass is 9.98. The van der Waals surface area contributed by atoms with Gasteiger partial charge in [0, 0.05) is 40.8 Å². The first-order chi connectivity index (χ1) is 20.9. The molecule has 0 atom stereocenters. The number of hydrogen-bond acceptors (Lipinski definition) is 4. The molecule has 6 rings (SSSR count). The van der Waals surface area contributed by atoms with Gasteiger partial charge in [0.05, 0.1) is 11.1 Å². The van der Waals surface area contributed by atoms with Gasteiger partial charge in [0.15, 0.2) is 5.76 Å². The second-order valence-corrected chi connectivity index (χ2v) is 11.8. The molecule has 0 aliphatic carbocycles. The molecule has 0 bridgehead atoms. The van der Waals surface area contributed by atoms with E-state index in [-0.39, 0.29) is 4.90 Å². The van der Waals surface area contributed by atoms with Crippen LogP contribution in [0.4, 0.5) is 0 Å². The van der Waals surface area contributed by atoms with Crippen LogP contribution in [0, 0.1) is 0 Å². The zero-order valence-corrected chi connectivity index (χ0v) is 24.5. The Kier molecular flexibility index (Phi) is 8.01. The lowest BCUT2D eigenvalue weighted by molar-refractivity contribution is -0.675. The first-order valence-corrected chi connectivity index (χ1v) is 15.7. The van der Waals surface area contributed by atoms with Gasteiger partial charge in [-0.3, -0.25) is 4.55 Å². The molecule has 43 heavy (non-hydrogen) atoms. The minimum absolute atomic E-state index is 0.130. The van der Waals surface area contributed by atoms with Crippen molar-refractivity contribution in [2.24, 2.45) is 0 Å². The van der Waals surface area contributed by atoms with Crippen molar-refractivity contribution in [3.63, 3.8) is 0 Å². The fourth-order valence-corrected chi connectivity index (χ4v) is 5.66. The highest BCUT2D eigenvalue weighted by Gasteiger charge is 2.23. The second kappa shape index (κ2) is 12.2. The Morgan fingerprint density at radius 2 is 1.21 bits per heavy atom. The van der Waals surface area contributed by atoms with Crippen LogP contribution in [0.25, 0.3) is 56.4 Å². The van der Waals surface area contributed by atoms with Crippen LogP contribution in [-0.4, -0.2) is 18.0 Å². The Morgan fingerprint density at radius 1 is 0.674 bits per heavy atom. The summed E-state index contributed by atoms with van der Waals surface area (Å²) < 4.78 is 41.3. The number of aromatic nitrogens is 2. The molecule has 6 nitrogen and oxygen atoms in total. The maximum absolute atomic E-state index is 11.7. The molecule has 0 unspecified atom stereocenters. The predicted octanol–water partition coefficient (Wildman–Crippen LogP) is 8.34.